The van der Waals surface area contributed by atoms with Crippen molar-refractivity contribution in [3.63, 3.8) is 0 Å². The van der Waals surface area contributed by atoms with Gasteiger partial charge in [0.05, 0.1) is 16.3 Å². The Labute approximate surface area is 349 Å². The molecular formula is C39H50ClF3IN7O6. The van der Waals surface area contributed by atoms with Crippen molar-refractivity contribution in [3.8, 4) is 0 Å². The van der Waals surface area contributed by atoms with Crippen LogP contribution in [0.25, 0.3) is 0 Å². The fourth-order valence-corrected chi connectivity index (χ4v) is 8.79. The third kappa shape index (κ3) is 10.7. The van der Waals surface area contributed by atoms with Crippen molar-refractivity contribution in [2.24, 2.45) is 0 Å². The van der Waals surface area contributed by atoms with Crippen molar-refractivity contribution in [1.29, 1.82) is 0 Å². The number of fused-ring (bicyclic) bond motifs is 1. The van der Waals surface area contributed by atoms with Crippen LogP contribution in [0.5, 0.6) is 0 Å². The molecule has 4 heterocycles. The number of nitrogen functional groups attached to an aromatic ring is 1. The van der Waals surface area contributed by atoms with Gasteiger partial charge in [0.2, 0.25) is 0 Å². The summed E-state index contributed by atoms with van der Waals surface area (Å²) in [6.45, 7) is 3.28. The molecule has 3 N–H and O–H groups in total. The van der Waals surface area contributed by atoms with E-state index in [9.17, 15) is 32.3 Å². The summed E-state index contributed by atoms with van der Waals surface area (Å²) in [6.07, 6.45) is -2.07. The molecule has 0 spiro atoms. The monoisotopic (exact) mass is 931 g/mol. The fourth-order valence-electron chi connectivity index (χ4n) is 8.35. The molecule has 0 saturated carbocycles. The van der Waals surface area contributed by atoms with Gasteiger partial charge in [-0.1, -0.05) is 36.2 Å². The summed E-state index contributed by atoms with van der Waals surface area (Å²) in [5.41, 5.74) is 5.79. The molecule has 4 aliphatic rings. The minimum absolute atomic E-state index is 0.0205. The summed E-state index contributed by atoms with van der Waals surface area (Å²) >= 11 is 8.28. The lowest BCUT2D eigenvalue weighted by atomic mass is 9.94. The molecule has 3 saturated heterocycles. The fraction of sp³-hybridized carbons (Fsp3) is 0.590. The molecule has 0 aromatic heterocycles. The molecule has 0 aliphatic carbocycles. The molecule has 13 nitrogen and oxygen atoms in total. The normalized spacial score (nSPS) is 20.8. The van der Waals surface area contributed by atoms with E-state index >= 15 is 0 Å². The van der Waals surface area contributed by atoms with Gasteiger partial charge in [-0.2, -0.15) is 13.2 Å². The first-order valence-corrected chi connectivity index (χ1v) is 20.9. The standard InChI is InChI=1S/C39H50ClF3IN7O6/c1-47(44)20-21-56-36(53)32-8-4-5-14-50(32)27-10-15-48(16-11-27)35(52)33(24-25-22-29(39(41,42)43)34(45)30(40)23-25)57-38(55)49-17-12-28(13-18-49)51-19-9-26-6-2-3-7-31(26)46-37(51)54/h2-3,6-7,22-23,27-28,32-33H,4-5,8-21,24,45H2,1H3,(H,46,54)/t32-,33-/m1/s1. The Kier molecular flexibility index (Phi) is 14.4. The Morgan fingerprint density at radius 2 is 1.67 bits per heavy atom. The van der Waals surface area contributed by atoms with Crippen molar-refractivity contribution < 1.29 is 41.8 Å². The van der Waals surface area contributed by atoms with Gasteiger partial charge in [-0.15, -0.1) is 0 Å². The van der Waals surface area contributed by atoms with Crippen LogP contribution in [0, 0.1) is 0 Å². The SMILES string of the molecule is CN(I)CCOC(=O)[C@H]1CCCCN1C1CCN(C(=O)[C@@H](Cc2cc(Cl)c(N)c(C(F)(F)F)c2)OC(=O)N2CCC(N3CCc4ccccc4NC3=O)CC2)CC1. The summed E-state index contributed by atoms with van der Waals surface area (Å²) in [6, 6.07) is 9.08. The minimum atomic E-state index is -4.80. The number of hydrogen-bond acceptors (Lipinski definition) is 9. The average molecular weight is 932 g/mol. The van der Waals surface area contributed by atoms with Crippen LogP contribution < -0.4 is 11.1 Å². The van der Waals surface area contributed by atoms with E-state index in [-0.39, 0.29) is 60.2 Å². The van der Waals surface area contributed by atoms with E-state index in [2.05, 4.69) is 33.1 Å². The van der Waals surface area contributed by atoms with Gasteiger partial charge in [0.25, 0.3) is 5.91 Å². The average Bonchev–Trinajstić information content (AvgIpc) is 3.36. The van der Waals surface area contributed by atoms with Crippen molar-refractivity contribution in [2.45, 2.75) is 88.2 Å². The smallest absolute Gasteiger partial charge is 0.418 e. The molecule has 2 aromatic carbocycles. The number of para-hydroxylation sites is 1. The molecule has 2 aromatic rings. The highest BCUT2D eigenvalue weighted by Crippen LogP contribution is 2.38. The first-order chi connectivity index (χ1) is 27.2. The minimum Gasteiger partial charge on any atom is -0.463 e. The summed E-state index contributed by atoms with van der Waals surface area (Å²) < 4.78 is 55.2. The Bertz CT molecular complexity index is 1770. The second kappa shape index (κ2) is 19.0. The number of ether oxygens (including phenoxy) is 2. The molecule has 4 amide bonds. The van der Waals surface area contributed by atoms with Crippen LogP contribution >= 0.6 is 34.5 Å². The van der Waals surface area contributed by atoms with Gasteiger partial charge in [0.15, 0.2) is 6.10 Å². The highest BCUT2D eigenvalue weighted by molar-refractivity contribution is 14.1. The number of likely N-dealkylation sites (tertiary alicyclic amines) is 3. The Morgan fingerprint density at radius 1 is 0.982 bits per heavy atom. The van der Waals surface area contributed by atoms with Crippen LogP contribution in [0.1, 0.15) is 61.6 Å². The molecule has 6 rings (SSSR count). The number of likely N-dealkylation sites (N-methyl/N-ethyl adjacent to an activating group) is 1. The summed E-state index contributed by atoms with van der Waals surface area (Å²) in [7, 11) is 1.90. The number of rotatable bonds is 10. The number of carbonyl (C=O) groups excluding carboxylic acids is 4. The van der Waals surface area contributed by atoms with Gasteiger partial charge in [-0.3, -0.25) is 14.5 Å². The number of esters is 1. The number of alkyl halides is 3. The molecule has 2 atom stereocenters. The number of anilines is 2. The predicted molar refractivity (Wildman–Crippen MR) is 217 cm³/mol. The van der Waals surface area contributed by atoms with Crippen LogP contribution in [-0.2, 0) is 38.1 Å². The Morgan fingerprint density at radius 3 is 2.37 bits per heavy atom. The number of urea groups is 1. The number of nitrogens with zero attached hydrogens (tertiary/aromatic N) is 5. The summed E-state index contributed by atoms with van der Waals surface area (Å²) in [5, 5.41) is 2.66. The molecule has 18 heteroatoms. The first kappa shape index (κ1) is 43.0. The zero-order valence-electron chi connectivity index (χ0n) is 31.9. The number of nitrogens with one attached hydrogen (secondary N) is 1. The summed E-state index contributed by atoms with van der Waals surface area (Å²) in [5.74, 6) is -0.778. The van der Waals surface area contributed by atoms with Crippen LogP contribution in [0.4, 0.5) is 34.1 Å². The molecule has 0 radical (unpaired) electrons. The van der Waals surface area contributed by atoms with Crippen molar-refractivity contribution in [2.75, 3.05) is 70.5 Å². The number of benzene rings is 2. The third-order valence-corrected chi connectivity index (χ3v) is 12.2. The lowest BCUT2D eigenvalue weighted by Crippen LogP contribution is -2.56. The van der Waals surface area contributed by atoms with Gasteiger partial charge in [-0.05, 0) is 87.9 Å². The highest BCUT2D eigenvalue weighted by atomic mass is 127. The summed E-state index contributed by atoms with van der Waals surface area (Å²) in [4.78, 5) is 61.2. The van der Waals surface area contributed by atoms with Crippen LogP contribution in [0.3, 0.4) is 0 Å². The molecule has 0 bridgehead atoms. The Balaban J connectivity index is 1.12. The number of hydrogen-bond donors (Lipinski definition) is 2. The van der Waals surface area contributed by atoms with E-state index in [4.69, 9.17) is 26.8 Å². The van der Waals surface area contributed by atoms with Crippen LogP contribution in [0.15, 0.2) is 36.4 Å². The van der Waals surface area contributed by atoms with Gasteiger partial charge in [0, 0.05) is 86.3 Å². The zero-order valence-corrected chi connectivity index (χ0v) is 34.9. The van der Waals surface area contributed by atoms with E-state index in [0.29, 0.717) is 71.3 Å². The number of nitrogens with two attached hydrogens (primary N) is 1. The third-order valence-electron chi connectivity index (χ3n) is 11.4. The lowest BCUT2D eigenvalue weighted by Gasteiger charge is -2.44. The number of carbonyl (C=O) groups is 4. The number of piperidine rings is 3. The molecule has 3 fully saturated rings. The maximum atomic E-state index is 14.2. The molecule has 0 unspecified atom stereocenters. The maximum absolute atomic E-state index is 14.2. The van der Waals surface area contributed by atoms with E-state index in [1.807, 2.05) is 34.4 Å². The number of halogens is 5. The van der Waals surface area contributed by atoms with Crippen molar-refractivity contribution >= 4 is 69.8 Å². The zero-order chi connectivity index (χ0) is 40.9. The highest BCUT2D eigenvalue weighted by Gasteiger charge is 2.40. The van der Waals surface area contributed by atoms with E-state index < -0.39 is 35.5 Å². The number of amides is 4. The molecular weight excluding hydrogens is 882 g/mol. The maximum Gasteiger partial charge on any atom is 0.418 e. The van der Waals surface area contributed by atoms with Gasteiger partial charge in [0.1, 0.15) is 12.6 Å². The predicted octanol–water partition coefficient (Wildman–Crippen LogP) is 6.21. The largest absolute Gasteiger partial charge is 0.463 e. The first-order valence-electron chi connectivity index (χ1n) is 19.5. The molecule has 4 aliphatic heterocycles. The molecule has 312 valence electrons. The van der Waals surface area contributed by atoms with E-state index in [1.54, 1.807) is 9.80 Å². The lowest BCUT2D eigenvalue weighted by molar-refractivity contribution is -0.154. The van der Waals surface area contributed by atoms with Gasteiger partial charge >= 0.3 is 24.3 Å². The Hall–Kier alpha value is -3.55. The van der Waals surface area contributed by atoms with Crippen LogP contribution in [-0.4, -0.2) is 130 Å². The topological polar surface area (TPSA) is 141 Å². The second-order valence-electron chi connectivity index (χ2n) is 15.2. The quantitative estimate of drug-likeness (QED) is 0.123. The van der Waals surface area contributed by atoms with Crippen LogP contribution in [0.2, 0.25) is 5.02 Å². The van der Waals surface area contributed by atoms with Gasteiger partial charge in [-0.25, -0.2) is 12.7 Å². The molecule has 57 heavy (non-hydrogen) atoms. The van der Waals surface area contributed by atoms with E-state index in [1.165, 1.54) is 11.0 Å². The van der Waals surface area contributed by atoms with Crippen molar-refractivity contribution in [3.05, 3.63) is 58.1 Å². The second-order valence-corrected chi connectivity index (χ2v) is 17.2. The van der Waals surface area contributed by atoms with Gasteiger partial charge < -0.3 is 35.2 Å². The van der Waals surface area contributed by atoms with Crippen molar-refractivity contribution in [1.82, 2.24) is 22.7 Å². The van der Waals surface area contributed by atoms with E-state index in [0.717, 1.165) is 36.7 Å².